The largest absolute Gasteiger partial charge is 0.472 e. The molecule has 0 bridgehead atoms. The summed E-state index contributed by atoms with van der Waals surface area (Å²) < 4.78 is 33.5. The van der Waals surface area contributed by atoms with Crippen molar-refractivity contribution in [3.05, 3.63) is 72.9 Å². The predicted octanol–water partition coefficient (Wildman–Crippen LogP) is 8.47. The average molecular weight is 927 g/mol. The molecule has 1 rings (SSSR count). The number of carbonyl (C=O) groups excluding carboxylic acids is 2. The standard InChI is InChI=1S/C49H83O14P/c1-3-5-7-8-9-10-11-12-13-14-15-16-19-22-25-28-32-36-42(51)60-38-41(39-61-64(58,59)63-49-47(56)45(54)44(53)46(55)48(49)57)62-43(52)37-33-29-26-23-20-17-18-21-24-27-31-35-40(50)34-30-6-4-2/h9-10,12-13,17-18,23-24,26-27,31,35,40-41,44-50,53-57H,3-8,11,14-16,19-22,25,28-30,32-34,36-39H2,1-2H3,(H,58,59)/b10-9-,13-12-,18-17-,26-23-,27-24-,35-31+/t40-,41+,44?,45-,46+,47+,48+,49?/m0/s1. The van der Waals surface area contributed by atoms with Crippen LogP contribution in [0.5, 0.6) is 0 Å². The Morgan fingerprint density at radius 3 is 1.66 bits per heavy atom. The van der Waals surface area contributed by atoms with E-state index in [1.54, 1.807) is 6.08 Å². The van der Waals surface area contributed by atoms with Crippen molar-refractivity contribution in [3.8, 4) is 0 Å². The van der Waals surface area contributed by atoms with Gasteiger partial charge in [0.25, 0.3) is 0 Å². The van der Waals surface area contributed by atoms with Crippen molar-refractivity contribution < 1.29 is 68.2 Å². The molecule has 1 fully saturated rings. The van der Waals surface area contributed by atoms with Gasteiger partial charge in [-0.15, -0.1) is 0 Å². The van der Waals surface area contributed by atoms with Crippen molar-refractivity contribution in [1.29, 1.82) is 0 Å². The molecule has 0 saturated heterocycles. The number of ether oxygens (including phenoxy) is 2. The maximum atomic E-state index is 12.8. The number of allylic oxidation sites excluding steroid dienone is 11. The molecule has 64 heavy (non-hydrogen) atoms. The van der Waals surface area contributed by atoms with Gasteiger partial charge in [-0.05, 0) is 70.6 Å². The molecule has 1 saturated carbocycles. The van der Waals surface area contributed by atoms with Crippen LogP contribution in [0.3, 0.4) is 0 Å². The van der Waals surface area contributed by atoms with Gasteiger partial charge in [0.15, 0.2) is 6.10 Å². The van der Waals surface area contributed by atoms with Gasteiger partial charge in [0.05, 0.1) is 12.7 Å². The number of unbranched alkanes of at least 4 members (excludes halogenated alkanes) is 13. The normalized spacial score (nSPS) is 22.7. The minimum absolute atomic E-state index is 0.00433. The first-order valence-corrected chi connectivity index (χ1v) is 25.3. The Balaban J connectivity index is 2.52. The fourth-order valence-electron chi connectivity index (χ4n) is 6.71. The summed E-state index contributed by atoms with van der Waals surface area (Å²) in [6.45, 7) is 3.09. The summed E-state index contributed by atoms with van der Waals surface area (Å²) in [5.74, 6) is -1.21. The summed E-state index contributed by atoms with van der Waals surface area (Å²) in [5, 5.41) is 60.1. The van der Waals surface area contributed by atoms with Gasteiger partial charge in [-0.1, -0.05) is 151 Å². The molecule has 0 spiro atoms. The molecule has 0 aliphatic heterocycles. The van der Waals surface area contributed by atoms with Crippen LogP contribution in [-0.2, 0) is 32.7 Å². The lowest BCUT2D eigenvalue weighted by Crippen LogP contribution is -2.64. The van der Waals surface area contributed by atoms with Crippen LogP contribution < -0.4 is 0 Å². The van der Waals surface area contributed by atoms with E-state index in [1.807, 2.05) is 42.5 Å². The van der Waals surface area contributed by atoms with Crippen molar-refractivity contribution in [2.45, 2.75) is 210 Å². The second-order valence-corrected chi connectivity index (χ2v) is 17.9. The zero-order chi connectivity index (χ0) is 47.3. The summed E-state index contributed by atoms with van der Waals surface area (Å²) in [5.41, 5.74) is 0. The molecular formula is C49H83O14P. The van der Waals surface area contributed by atoms with Gasteiger partial charge in [-0.3, -0.25) is 18.6 Å². The number of phosphoric acid groups is 1. The van der Waals surface area contributed by atoms with E-state index in [4.69, 9.17) is 18.5 Å². The number of rotatable bonds is 38. The van der Waals surface area contributed by atoms with Gasteiger partial charge in [0, 0.05) is 12.8 Å². The first kappa shape index (κ1) is 59.3. The quantitative estimate of drug-likeness (QED) is 0.0101. The molecule has 15 heteroatoms. The lowest BCUT2D eigenvalue weighted by Gasteiger charge is -2.41. The highest BCUT2D eigenvalue weighted by Crippen LogP contribution is 2.47. The third kappa shape index (κ3) is 30.5. The van der Waals surface area contributed by atoms with Crippen LogP contribution in [-0.4, -0.2) is 110 Å². The molecule has 9 atom stereocenters. The zero-order valence-corrected chi connectivity index (χ0v) is 39.6. The number of carbonyl (C=O) groups is 2. The van der Waals surface area contributed by atoms with Crippen molar-refractivity contribution in [1.82, 2.24) is 0 Å². The van der Waals surface area contributed by atoms with E-state index in [0.29, 0.717) is 25.7 Å². The number of aliphatic hydroxyl groups is 6. The van der Waals surface area contributed by atoms with Crippen LogP contribution in [0.15, 0.2) is 72.9 Å². The third-order valence-corrected chi connectivity index (χ3v) is 11.6. The Labute approximate surface area is 383 Å². The van der Waals surface area contributed by atoms with Crippen molar-refractivity contribution in [3.63, 3.8) is 0 Å². The lowest BCUT2D eigenvalue weighted by molar-refractivity contribution is -0.220. The minimum atomic E-state index is -5.15. The van der Waals surface area contributed by atoms with Crippen molar-refractivity contribution in [2.24, 2.45) is 0 Å². The molecule has 1 aliphatic rings. The smallest absolute Gasteiger partial charge is 0.462 e. The number of esters is 2. The summed E-state index contributed by atoms with van der Waals surface area (Å²) in [6, 6.07) is 0. The lowest BCUT2D eigenvalue weighted by atomic mass is 9.85. The molecular weight excluding hydrogens is 843 g/mol. The Morgan fingerprint density at radius 1 is 0.562 bits per heavy atom. The monoisotopic (exact) mass is 927 g/mol. The molecule has 0 heterocycles. The highest BCUT2D eigenvalue weighted by molar-refractivity contribution is 7.47. The minimum Gasteiger partial charge on any atom is -0.462 e. The van der Waals surface area contributed by atoms with Gasteiger partial charge in [-0.25, -0.2) is 4.57 Å². The zero-order valence-electron chi connectivity index (χ0n) is 38.7. The van der Waals surface area contributed by atoms with E-state index in [0.717, 1.165) is 89.9 Å². The Kier molecular flexibility index (Phi) is 35.5. The summed E-state index contributed by atoms with van der Waals surface area (Å²) in [7, 11) is -5.15. The number of hydrogen-bond donors (Lipinski definition) is 7. The second kappa shape index (κ2) is 38.4. The van der Waals surface area contributed by atoms with E-state index in [2.05, 4.69) is 38.2 Å². The van der Waals surface area contributed by atoms with Gasteiger partial charge in [0.2, 0.25) is 0 Å². The van der Waals surface area contributed by atoms with E-state index in [1.165, 1.54) is 19.3 Å². The van der Waals surface area contributed by atoms with Crippen LogP contribution in [0, 0.1) is 0 Å². The number of phosphoric ester groups is 1. The Hall–Kier alpha value is -2.75. The third-order valence-electron chi connectivity index (χ3n) is 10.6. The molecule has 0 aromatic rings. The van der Waals surface area contributed by atoms with Gasteiger partial charge in [-0.2, -0.15) is 0 Å². The maximum absolute atomic E-state index is 12.8. The first-order valence-electron chi connectivity index (χ1n) is 23.8. The molecule has 0 aromatic carbocycles. The van der Waals surface area contributed by atoms with Crippen LogP contribution in [0.1, 0.15) is 162 Å². The summed E-state index contributed by atoms with van der Waals surface area (Å²) >= 11 is 0. The molecule has 3 unspecified atom stereocenters. The topological polar surface area (TPSA) is 230 Å². The number of aliphatic hydroxyl groups excluding tert-OH is 6. The Bertz CT molecular complexity index is 1410. The van der Waals surface area contributed by atoms with E-state index in [9.17, 15) is 49.7 Å². The summed E-state index contributed by atoms with van der Waals surface area (Å²) in [6.07, 6.45) is 31.3. The average Bonchev–Trinajstić information content (AvgIpc) is 3.27. The highest BCUT2D eigenvalue weighted by atomic mass is 31.2. The van der Waals surface area contributed by atoms with Crippen LogP contribution in [0.25, 0.3) is 0 Å². The molecule has 1 aliphatic carbocycles. The molecule has 14 nitrogen and oxygen atoms in total. The summed E-state index contributed by atoms with van der Waals surface area (Å²) in [4.78, 5) is 35.7. The first-order chi connectivity index (χ1) is 30.8. The molecule has 368 valence electrons. The molecule has 0 radical (unpaired) electrons. The fraction of sp³-hybridized carbons (Fsp3) is 0.714. The molecule has 0 amide bonds. The SMILES string of the molecule is CCCCC/C=C\C/C=C\CCCCCCCCCC(=O)OC[C@H](COP(=O)(O)OC1[C@H](O)[C@H](O)C(O)[C@H](O)[C@H]1O)OC(=O)CCC/C=C\C/C=C\C/C=C\C=C\[C@@H](O)CCCCC. The fourth-order valence-corrected chi connectivity index (χ4v) is 7.69. The highest BCUT2D eigenvalue weighted by Gasteiger charge is 2.51. The van der Waals surface area contributed by atoms with Crippen molar-refractivity contribution >= 4 is 19.8 Å². The van der Waals surface area contributed by atoms with E-state index >= 15 is 0 Å². The van der Waals surface area contributed by atoms with Gasteiger partial charge < -0.3 is 45.0 Å². The Morgan fingerprint density at radius 2 is 1.05 bits per heavy atom. The predicted molar refractivity (Wildman–Crippen MR) is 250 cm³/mol. The van der Waals surface area contributed by atoms with E-state index < -0.39 is 81.8 Å². The maximum Gasteiger partial charge on any atom is 0.472 e. The van der Waals surface area contributed by atoms with E-state index in [-0.39, 0.29) is 12.8 Å². The molecule has 7 N–H and O–H groups in total. The van der Waals surface area contributed by atoms with Crippen LogP contribution in [0.4, 0.5) is 0 Å². The number of hydrogen-bond acceptors (Lipinski definition) is 13. The second-order valence-electron chi connectivity index (χ2n) is 16.5. The molecule has 0 aromatic heterocycles. The van der Waals surface area contributed by atoms with Crippen LogP contribution >= 0.6 is 7.82 Å². The van der Waals surface area contributed by atoms with Gasteiger partial charge >= 0.3 is 19.8 Å². The van der Waals surface area contributed by atoms with Crippen LogP contribution in [0.2, 0.25) is 0 Å². The van der Waals surface area contributed by atoms with Crippen molar-refractivity contribution in [2.75, 3.05) is 13.2 Å². The van der Waals surface area contributed by atoms with Gasteiger partial charge in [0.1, 0.15) is 43.2 Å².